The number of hydrogen-bond acceptors (Lipinski definition) is 6. The number of carbonyl (C=O) groups is 1. The molecule has 30 heavy (non-hydrogen) atoms. The van der Waals surface area contributed by atoms with Gasteiger partial charge in [-0.1, -0.05) is 5.92 Å². The van der Waals surface area contributed by atoms with Crippen molar-refractivity contribution < 1.29 is 19.0 Å². The van der Waals surface area contributed by atoms with E-state index in [1.54, 1.807) is 19.3 Å². The Kier molecular flexibility index (Phi) is 7.65. The second kappa shape index (κ2) is 10.4. The van der Waals surface area contributed by atoms with Crippen molar-refractivity contribution in [2.75, 3.05) is 20.3 Å². The zero-order valence-electron chi connectivity index (χ0n) is 16.4. The summed E-state index contributed by atoms with van der Waals surface area (Å²) in [6.45, 7) is 2.69. The minimum Gasteiger partial charge on any atom is -0.494 e. The maximum atomic E-state index is 12.4. The van der Waals surface area contributed by atoms with Crippen LogP contribution in [0.1, 0.15) is 12.5 Å². The standard InChI is InChI=1S/C22H19IN2O4S/c1-4-10-29-20-17(23)11-14(12-18(20)27-3)13-19-21(26)25-22(30-19)24-15-6-8-16(9-7-15)28-5-2/h1,6-9,11-13H,5,10H2,2-3H3,(H,24,25,26)/b19-13+. The number of benzene rings is 2. The van der Waals surface area contributed by atoms with Crippen molar-refractivity contribution in [3.63, 3.8) is 0 Å². The predicted molar refractivity (Wildman–Crippen MR) is 128 cm³/mol. The first-order chi connectivity index (χ1) is 14.5. The van der Waals surface area contributed by atoms with Gasteiger partial charge >= 0.3 is 0 Å². The quantitative estimate of drug-likeness (QED) is 0.320. The van der Waals surface area contributed by atoms with Gasteiger partial charge in [-0.25, -0.2) is 4.99 Å². The van der Waals surface area contributed by atoms with E-state index in [1.807, 2.05) is 37.3 Å². The number of hydrogen-bond donors (Lipinski definition) is 1. The number of amidine groups is 1. The Morgan fingerprint density at radius 1 is 1.27 bits per heavy atom. The molecular weight excluding hydrogens is 515 g/mol. The van der Waals surface area contributed by atoms with Gasteiger partial charge in [0.25, 0.3) is 5.91 Å². The van der Waals surface area contributed by atoms with Crippen molar-refractivity contribution in [2.45, 2.75) is 6.92 Å². The highest BCUT2D eigenvalue weighted by Crippen LogP contribution is 2.36. The highest BCUT2D eigenvalue weighted by atomic mass is 127. The van der Waals surface area contributed by atoms with Gasteiger partial charge < -0.3 is 19.5 Å². The summed E-state index contributed by atoms with van der Waals surface area (Å²) in [7, 11) is 1.56. The van der Waals surface area contributed by atoms with Crippen LogP contribution in [0.25, 0.3) is 6.08 Å². The van der Waals surface area contributed by atoms with Crippen molar-refractivity contribution in [1.29, 1.82) is 0 Å². The van der Waals surface area contributed by atoms with Gasteiger partial charge in [0.2, 0.25) is 0 Å². The summed E-state index contributed by atoms with van der Waals surface area (Å²) in [4.78, 5) is 17.4. The third-order valence-corrected chi connectivity index (χ3v) is 5.59. The lowest BCUT2D eigenvalue weighted by Crippen LogP contribution is -2.19. The van der Waals surface area contributed by atoms with Gasteiger partial charge in [-0.05, 0) is 89.3 Å². The molecule has 0 saturated carbocycles. The van der Waals surface area contributed by atoms with E-state index < -0.39 is 0 Å². The molecule has 1 saturated heterocycles. The van der Waals surface area contributed by atoms with E-state index in [4.69, 9.17) is 20.6 Å². The summed E-state index contributed by atoms with van der Waals surface area (Å²) in [5, 5.41) is 3.31. The second-order valence-corrected chi connectivity index (χ2v) is 8.13. The summed E-state index contributed by atoms with van der Waals surface area (Å²) < 4.78 is 17.2. The first-order valence-electron chi connectivity index (χ1n) is 9.00. The molecule has 0 unspecified atom stereocenters. The minimum atomic E-state index is -0.202. The molecule has 2 aromatic carbocycles. The summed E-state index contributed by atoms with van der Waals surface area (Å²) in [5.74, 6) is 4.15. The fourth-order valence-electron chi connectivity index (χ4n) is 2.61. The lowest BCUT2D eigenvalue weighted by molar-refractivity contribution is -0.115. The van der Waals surface area contributed by atoms with Crippen LogP contribution < -0.4 is 19.5 Å². The van der Waals surface area contributed by atoms with Gasteiger partial charge in [0, 0.05) is 0 Å². The van der Waals surface area contributed by atoms with Crippen LogP contribution in [0.4, 0.5) is 5.69 Å². The average molecular weight is 534 g/mol. The third kappa shape index (κ3) is 5.49. The molecule has 0 bridgehead atoms. The molecule has 1 amide bonds. The fraction of sp³-hybridized carbons (Fsp3) is 0.182. The normalized spacial score (nSPS) is 15.7. The molecule has 0 aliphatic carbocycles. The van der Waals surface area contributed by atoms with Crippen LogP contribution in [0, 0.1) is 15.9 Å². The molecule has 1 heterocycles. The van der Waals surface area contributed by atoms with Crippen molar-refractivity contribution in [3.05, 3.63) is 50.4 Å². The third-order valence-electron chi connectivity index (χ3n) is 3.88. The number of nitrogens with one attached hydrogen (secondary N) is 1. The second-order valence-electron chi connectivity index (χ2n) is 5.94. The van der Waals surface area contributed by atoms with Crippen LogP contribution >= 0.6 is 34.4 Å². The van der Waals surface area contributed by atoms with Gasteiger partial charge in [-0.2, -0.15) is 0 Å². The van der Waals surface area contributed by atoms with Gasteiger partial charge in [-0.3, -0.25) is 4.79 Å². The van der Waals surface area contributed by atoms with E-state index in [9.17, 15) is 4.79 Å². The first-order valence-corrected chi connectivity index (χ1v) is 10.9. The molecule has 154 valence electrons. The van der Waals surface area contributed by atoms with Crippen molar-refractivity contribution in [2.24, 2.45) is 4.99 Å². The Morgan fingerprint density at radius 2 is 2.03 bits per heavy atom. The maximum absolute atomic E-state index is 12.4. The van der Waals surface area contributed by atoms with Crippen LogP contribution in [0.5, 0.6) is 17.2 Å². The van der Waals surface area contributed by atoms with E-state index in [0.29, 0.717) is 28.2 Å². The molecule has 1 fully saturated rings. The van der Waals surface area contributed by atoms with Crippen LogP contribution in [-0.2, 0) is 4.79 Å². The number of ether oxygens (including phenoxy) is 3. The molecule has 1 N–H and O–H groups in total. The van der Waals surface area contributed by atoms with Crippen LogP contribution in [0.15, 0.2) is 46.3 Å². The molecule has 0 aromatic heterocycles. The molecule has 6 nitrogen and oxygen atoms in total. The highest BCUT2D eigenvalue weighted by Gasteiger charge is 2.24. The van der Waals surface area contributed by atoms with Crippen LogP contribution in [-0.4, -0.2) is 31.4 Å². The van der Waals surface area contributed by atoms with Gasteiger partial charge in [-0.15, -0.1) is 6.42 Å². The lowest BCUT2D eigenvalue weighted by atomic mass is 10.2. The Labute approximate surface area is 193 Å². The number of rotatable bonds is 7. The summed E-state index contributed by atoms with van der Waals surface area (Å²) >= 11 is 3.43. The van der Waals surface area contributed by atoms with E-state index in [0.717, 1.165) is 20.6 Å². The molecule has 0 spiro atoms. The number of halogens is 1. The summed E-state index contributed by atoms with van der Waals surface area (Å²) in [6.07, 6.45) is 7.06. The Morgan fingerprint density at radius 3 is 2.70 bits per heavy atom. The van der Waals surface area contributed by atoms with Crippen molar-refractivity contribution >= 4 is 57.2 Å². The molecule has 0 atom stereocenters. The number of methoxy groups -OCH3 is 1. The maximum Gasteiger partial charge on any atom is 0.264 e. The number of amides is 1. The highest BCUT2D eigenvalue weighted by molar-refractivity contribution is 14.1. The van der Waals surface area contributed by atoms with E-state index in [1.165, 1.54) is 11.8 Å². The SMILES string of the molecule is C#CCOc1c(I)cc(/C=C2/SC(=Nc3ccc(OCC)cc3)NC2=O)cc1OC. The molecule has 0 radical (unpaired) electrons. The zero-order chi connectivity index (χ0) is 21.5. The largest absolute Gasteiger partial charge is 0.494 e. The van der Waals surface area contributed by atoms with Crippen molar-refractivity contribution in [1.82, 2.24) is 5.32 Å². The number of carbonyl (C=O) groups excluding carboxylic acids is 1. The first kappa shape index (κ1) is 22.1. The van der Waals surface area contributed by atoms with Gasteiger partial charge in [0.05, 0.1) is 27.9 Å². The molecule has 2 aromatic rings. The molecule has 1 aliphatic rings. The minimum absolute atomic E-state index is 0.149. The lowest BCUT2D eigenvalue weighted by Gasteiger charge is -2.12. The van der Waals surface area contributed by atoms with E-state index in [-0.39, 0.29) is 12.5 Å². The van der Waals surface area contributed by atoms with E-state index in [2.05, 4.69) is 38.8 Å². The van der Waals surface area contributed by atoms with Crippen LogP contribution in [0.2, 0.25) is 0 Å². The van der Waals surface area contributed by atoms with Gasteiger partial charge in [0.1, 0.15) is 12.4 Å². The topological polar surface area (TPSA) is 69.2 Å². The summed E-state index contributed by atoms with van der Waals surface area (Å²) in [5.41, 5.74) is 1.54. The zero-order valence-corrected chi connectivity index (χ0v) is 19.4. The number of thioether (sulfide) groups is 1. The molecule has 8 heteroatoms. The van der Waals surface area contributed by atoms with E-state index >= 15 is 0 Å². The Bertz CT molecular complexity index is 1040. The Balaban J connectivity index is 1.80. The molecule has 3 rings (SSSR count). The summed E-state index contributed by atoms with van der Waals surface area (Å²) in [6, 6.07) is 11.1. The predicted octanol–water partition coefficient (Wildman–Crippen LogP) is 4.60. The number of nitrogens with zero attached hydrogens (tertiary/aromatic N) is 1. The Hall–Kier alpha value is -2.64. The van der Waals surface area contributed by atoms with Gasteiger partial charge in [0.15, 0.2) is 16.7 Å². The number of aliphatic imine (C=N–C) groups is 1. The average Bonchev–Trinajstić information content (AvgIpc) is 3.07. The number of terminal acetylenes is 1. The smallest absolute Gasteiger partial charge is 0.264 e. The van der Waals surface area contributed by atoms with Crippen molar-refractivity contribution in [3.8, 4) is 29.6 Å². The van der Waals surface area contributed by atoms with Crippen LogP contribution in [0.3, 0.4) is 0 Å². The monoisotopic (exact) mass is 534 g/mol. The molecule has 1 aliphatic heterocycles. The molecular formula is C22H19IN2O4S. The fourth-order valence-corrected chi connectivity index (χ4v) is 4.23.